The number of thiophene rings is 1. The van der Waals surface area contributed by atoms with Crippen LogP contribution < -0.4 is 11.1 Å². The smallest absolute Gasteiger partial charge is 0.269 e. The summed E-state index contributed by atoms with van der Waals surface area (Å²) in [4.78, 5) is 38.0. The molecule has 0 fully saturated rings. The van der Waals surface area contributed by atoms with Crippen LogP contribution in [0, 0.1) is 10.1 Å². The number of nitro benzene ring substituents is 1. The summed E-state index contributed by atoms with van der Waals surface area (Å²) in [5.74, 6) is -1.00. The molecule has 0 bridgehead atoms. The number of nitrogens with two attached hydrogens (primary N) is 1. The number of nitrogens with one attached hydrogen (secondary N) is 1. The van der Waals surface area contributed by atoms with Gasteiger partial charge in [0.25, 0.3) is 17.5 Å². The van der Waals surface area contributed by atoms with Gasteiger partial charge in [-0.3, -0.25) is 24.6 Å². The van der Waals surface area contributed by atoms with Crippen molar-refractivity contribution < 1.29 is 14.5 Å². The van der Waals surface area contributed by atoms with Crippen LogP contribution in [-0.4, -0.2) is 34.2 Å². The van der Waals surface area contributed by atoms with E-state index in [4.69, 9.17) is 5.73 Å². The fourth-order valence-corrected chi connectivity index (χ4v) is 4.40. The summed E-state index contributed by atoms with van der Waals surface area (Å²) in [5.41, 5.74) is 7.02. The zero-order valence-corrected chi connectivity index (χ0v) is 17.1. The van der Waals surface area contributed by atoms with Crippen molar-refractivity contribution in [2.45, 2.75) is 32.9 Å². The second kappa shape index (κ2) is 8.68. The molecule has 0 saturated carbocycles. The Morgan fingerprint density at radius 1 is 1.29 bits per heavy atom. The monoisotopic (exact) mass is 424 g/mol. The highest BCUT2D eigenvalue weighted by molar-refractivity contribution is 7.17. The molecule has 0 radical (unpaired) electrons. The fraction of sp³-hybridized carbons (Fsp3) is 0.333. The van der Waals surface area contributed by atoms with Gasteiger partial charge in [0, 0.05) is 41.7 Å². The first kappa shape index (κ1) is 21.8. The van der Waals surface area contributed by atoms with E-state index < -0.39 is 16.7 Å². The summed E-state index contributed by atoms with van der Waals surface area (Å²) in [6.45, 7) is 5.78. The van der Waals surface area contributed by atoms with Crippen molar-refractivity contribution in [3.05, 3.63) is 55.9 Å². The normalized spacial score (nSPS) is 13.5. The lowest BCUT2D eigenvalue weighted by Crippen LogP contribution is -2.35. The molecular weight excluding hydrogens is 404 g/mol. The number of hydrogen-bond acceptors (Lipinski definition) is 6. The van der Waals surface area contributed by atoms with Crippen molar-refractivity contribution in [3.8, 4) is 0 Å². The molecule has 3 rings (SSSR count). The molecule has 0 unspecified atom stereocenters. The van der Waals surface area contributed by atoms with Gasteiger partial charge in [-0.1, -0.05) is 0 Å². The molecule has 2 aromatic rings. The molecule has 2 heterocycles. The van der Waals surface area contributed by atoms with Crippen LogP contribution in [0.3, 0.4) is 0 Å². The molecule has 1 aromatic carbocycles. The minimum Gasteiger partial charge on any atom is -0.365 e. The van der Waals surface area contributed by atoms with E-state index in [0.29, 0.717) is 29.6 Å². The molecule has 1 aliphatic rings. The summed E-state index contributed by atoms with van der Waals surface area (Å²) in [5, 5.41) is 13.9. The van der Waals surface area contributed by atoms with E-state index in [1.165, 1.54) is 35.6 Å². The number of primary amides is 1. The highest BCUT2D eigenvalue weighted by Crippen LogP contribution is 2.37. The van der Waals surface area contributed by atoms with E-state index in [2.05, 4.69) is 24.1 Å². The predicted octanol–water partition coefficient (Wildman–Crippen LogP) is 3.20. The SMILES string of the molecule is CC(C)N1CCc2c(sc(NC(=O)c3ccc([N+](=O)[O-])cc3)c2C(N)=O)C1.Cl. The van der Waals surface area contributed by atoms with Crippen LogP contribution in [0.4, 0.5) is 10.7 Å². The third kappa shape index (κ3) is 4.32. The zero-order valence-electron chi connectivity index (χ0n) is 15.4. The number of fused-ring (bicyclic) bond motifs is 1. The van der Waals surface area contributed by atoms with Crippen LogP contribution in [0.2, 0.25) is 0 Å². The minimum absolute atomic E-state index is 0. The average molecular weight is 425 g/mol. The Morgan fingerprint density at radius 3 is 2.46 bits per heavy atom. The van der Waals surface area contributed by atoms with Crippen molar-refractivity contribution in [1.82, 2.24) is 4.90 Å². The Hall–Kier alpha value is -2.49. The zero-order chi connectivity index (χ0) is 19.7. The first-order valence-corrected chi connectivity index (χ1v) is 9.33. The van der Waals surface area contributed by atoms with Gasteiger partial charge < -0.3 is 11.1 Å². The highest BCUT2D eigenvalue weighted by Gasteiger charge is 2.28. The lowest BCUT2D eigenvalue weighted by atomic mass is 10.0. The van der Waals surface area contributed by atoms with Gasteiger partial charge in [0.1, 0.15) is 5.00 Å². The second-order valence-corrected chi connectivity index (χ2v) is 7.75. The summed E-state index contributed by atoms with van der Waals surface area (Å²) < 4.78 is 0. The van der Waals surface area contributed by atoms with Gasteiger partial charge in [-0.2, -0.15) is 0 Å². The van der Waals surface area contributed by atoms with Crippen molar-refractivity contribution in [2.75, 3.05) is 11.9 Å². The number of nitrogens with zero attached hydrogens (tertiary/aromatic N) is 2. The molecule has 0 atom stereocenters. The third-order valence-electron chi connectivity index (χ3n) is 4.63. The number of carbonyl (C=O) groups is 2. The molecule has 0 saturated heterocycles. The largest absolute Gasteiger partial charge is 0.365 e. The molecule has 3 N–H and O–H groups in total. The first-order valence-electron chi connectivity index (χ1n) is 8.52. The third-order valence-corrected chi connectivity index (χ3v) is 5.76. The molecular formula is C18H21ClN4O4S. The van der Waals surface area contributed by atoms with Crippen molar-refractivity contribution in [2.24, 2.45) is 5.73 Å². The van der Waals surface area contributed by atoms with Crippen molar-refractivity contribution in [3.63, 3.8) is 0 Å². The van der Waals surface area contributed by atoms with E-state index in [1.807, 2.05) is 0 Å². The number of anilines is 1. The van der Waals surface area contributed by atoms with E-state index in [9.17, 15) is 19.7 Å². The van der Waals surface area contributed by atoms with E-state index in [-0.39, 0.29) is 23.7 Å². The maximum atomic E-state index is 12.5. The van der Waals surface area contributed by atoms with E-state index in [1.54, 1.807) is 0 Å². The summed E-state index contributed by atoms with van der Waals surface area (Å²) >= 11 is 1.36. The van der Waals surface area contributed by atoms with Crippen LogP contribution >= 0.6 is 23.7 Å². The van der Waals surface area contributed by atoms with Gasteiger partial charge in [0.2, 0.25) is 0 Å². The molecule has 8 nitrogen and oxygen atoms in total. The molecule has 1 aromatic heterocycles. The predicted molar refractivity (Wildman–Crippen MR) is 110 cm³/mol. The number of halogens is 1. The maximum Gasteiger partial charge on any atom is 0.269 e. The number of hydrogen-bond donors (Lipinski definition) is 2. The Kier molecular flexibility index (Phi) is 6.76. The lowest BCUT2D eigenvalue weighted by molar-refractivity contribution is -0.384. The Labute approximate surface area is 172 Å². The standard InChI is InChI=1S/C18H20N4O4S.ClH/c1-10(2)21-8-7-13-14(9-21)27-18(15(13)16(19)23)20-17(24)11-3-5-12(6-4-11)22(25)26;/h3-6,10H,7-9H2,1-2H3,(H2,19,23)(H,20,24);1H. The molecule has 0 spiro atoms. The van der Waals surface area contributed by atoms with Crippen LogP contribution in [0.1, 0.15) is 45.0 Å². The molecule has 150 valence electrons. The van der Waals surface area contributed by atoms with Gasteiger partial charge in [0.15, 0.2) is 0 Å². The molecule has 28 heavy (non-hydrogen) atoms. The summed E-state index contributed by atoms with van der Waals surface area (Å²) in [6.07, 6.45) is 0.704. The molecule has 10 heteroatoms. The topological polar surface area (TPSA) is 119 Å². The number of amides is 2. The second-order valence-electron chi connectivity index (χ2n) is 6.64. The molecule has 1 aliphatic heterocycles. The molecule has 0 aliphatic carbocycles. The Balaban J connectivity index is 0.00000280. The van der Waals surface area contributed by atoms with Crippen molar-refractivity contribution >= 4 is 46.2 Å². The molecule has 2 amide bonds. The van der Waals surface area contributed by atoms with Crippen LogP contribution in [0.15, 0.2) is 24.3 Å². The number of carbonyl (C=O) groups excluding carboxylic acids is 2. The summed E-state index contributed by atoms with van der Waals surface area (Å²) in [6, 6.07) is 5.68. The number of non-ortho nitro benzene ring substituents is 1. The van der Waals surface area contributed by atoms with E-state index in [0.717, 1.165) is 17.0 Å². The van der Waals surface area contributed by atoms with Crippen LogP contribution in [0.25, 0.3) is 0 Å². The van der Waals surface area contributed by atoms with Gasteiger partial charge in [-0.25, -0.2) is 0 Å². The van der Waals surface area contributed by atoms with Crippen LogP contribution in [-0.2, 0) is 13.0 Å². The van der Waals surface area contributed by atoms with E-state index >= 15 is 0 Å². The van der Waals surface area contributed by atoms with Gasteiger partial charge in [-0.15, -0.1) is 23.7 Å². The average Bonchev–Trinajstić information content (AvgIpc) is 2.98. The maximum absolute atomic E-state index is 12.5. The lowest BCUT2D eigenvalue weighted by Gasteiger charge is -2.30. The van der Waals surface area contributed by atoms with Gasteiger partial charge in [-0.05, 0) is 38.0 Å². The summed E-state index contributed by atoms with van der Waals surface area (Å²) in [7, 11) is 0. The Bertz CT molecular complexity index is 911. The fourth-order valence-electron chi connectivity index (χ4n) is 3.12. The van der Waals surface area contributed by atoms with Crippen LogP contribution in [0.5, 0.6) is 0 Å². The highest BCUT2D eigenvalue weighted by atomic mass is 35.5. The van der Waals surface area contributed by atoms with Gasteiger partial charge >= 0.3 is 0 Å². The number of benzene rings is 1. The quantitative estimate of drug-likeness (QED) is 0.564. The minimum atomic E-state index is -0.565. The van der Waals surface area contributed by atoms with Crippen molar-refractivity contribution in [1.29, 1.82) is 0 Å². The van der Waals surface area contributed by atoms with Gasteiger partial charge in [0.05, 0.1) is 10.5 Å². The Morgan fingerprint density at radius 2 is 1.93 bits per heavy atom. The first-order chi connectivity index (χ1) is 12.8. The number of nitro groups is 1. The number of rotatable bonds is 5.